The Balaban J connectivity index is 1.76. The molecule has 0 aliphatic carbocycles. The molecule has 0 saturated heterocycles. The van der Waals surface area contributed by atoms with Gasteiger partial charge in [-0.3, -0.25) is 9.59 Å². The normalized spacial score (nSPS) is 15.0. The minimum atomic E-state index is -0.0681. The van der Waals surface area contributed by atoms with E-state index in [0.717, 1.165) is 16.7 Å². The molecule has 3 aromatic rings. The van der Waals surface area contributed by atoms with Gasteiger partial charge in [-0.15, -0.1) is 0 Å². The van der Waals surface area contributed by atoms with Gasteiger partial charge in [0.2, 0.25) is 0 Å². The van der Waals surface area contributed by atoms with E-state index in [1.807, 2.05) is 43.3 Å². The van der Waals surface area contributed by atoms with Crippen LogP contribution in [0.25, 0.3) is 0 Å². The number of benzene rings is 2. The molecule has 0 amide bonds. The third-order valence-corrected chi connectivity index (χ3v) is 5.01. The molecule has 1 atom stereocenters. The van der Waals surface area contributed by atoms with Gasteiger partial charge in [-0.25, -0.2) is 9.97 Å². The number of carbonyl (C=O) groups is 2. The number of rotatable bonds is 6. The van der Waals surface area contributed by atoms with Crippen LogP contribution in [-0.2, 0) is 6.42 Å². The molecule has 0 bridgehead atoms. The van der Waals surface area contributed by atoms with Crippen molar-refractivity contribution < 1.29 is 14.3 Å². The van der Waals surface area contributed by atoms with Crippen molar-refractivity contribution in [3.05, 3.63) is 89.0 Å². The topological polar surface area (TPSA) is 69.2 Å². The van der Waals surface area contributed by atoms with Crippen LogP contribution in [0.2, 0.25) is 0 Å². The van der Waals surface area contributed by atoms with Gasteiger partial charge in [-0.05, 0) is 23.3 Å². The number of fused-ring (bicyclic) bond motifs is 1. The van der Waals surface area contributed by atoms with Gasteiger partial charge in [0.05, 0.1) is 12.2 Å². The Kier molecular flexibility index (Phi) is 4.98. The van der Waals surface area contributed by atoms with Crippen LogP contribution in [0.3, 0.4) is 0 Å². The fraction of sp³-hybridized carbons (Fsp3) is 0.217. The molecule has 4 rings (SSSR count). The molecule has 1 aromatic heterocycles. The summed E-state index contributed by atoms with van der Waals surface area (Å²) in [5.41, 5.74) is 3.76. The lowest BCUT2D eigenvalue weighted by Crippen LogP contribution is -2.08. The highest BCUT2D eigenvalue weighted by Crippen LogP contribution is 2.41. The van der Waals surface area contributed by atoms with E-state index >= 15 is 0 Å². The SMILES string of the molecule is CCC(=O)c1cc(C(=O)Cc2cncnc2)cc2c1OCC2c1ccccc1. The molecule has 5 nitrogen and oxygen atoms in total. The molecule has 28 heavy (non-hydrogen) atoms. The second kappa shape index (κ2) is 7.72. The van der Waals surface area contributed by atoms with Crippen molar-refractivity contribution in [2.75, 3.05) is 6.61 Å². The largest absolute Gasteiger partial charge is 0.492 e. The number of hydrogen-bond donors (Lipinski definition) is 0. The summed E-state index contributed by atoms with van der Waals surface area (Å²) in [5.74, 6) is 0.525. The summed E-state index contributed by atoms with van der Waals surface area (Å²) < 4.78 is 5.92. The van der Waals surface area contributed by atoms with Crippen molar-refractivity contribution >= 4 is 11.6 Å². The lowest BCUT2D eigenvalue weighted by atomic mass is 9.88. The van der Waals surface area contributed by atoms with E-state index in [2.05, 4.69) is 9.97 Å². The van der Waals surface area contributed by atoms with E-state index in [4.69, 9.17) is 4.74 Å². The highest BCUT2D eigenvalue weighted by atomic mass is 16.5. The Morgan fingerprint density at radius 1 is 1.07 bits per heavy atom. The lowest BCUT2D eigenvalue weighted by Gasteiger charge is -2.12. The fourth-order valence-electron chi connectivity index (χ4n) is 3.56. The third-order valence-electron chi connectivity index (χ3n) is 5.01. The predicted octanol–water partition coefficient (Wildman–Crippen LogP) is 4.02. The van der Waals surface area contributed by atoms with Crippen LogP contribution in [0.15, 0.2) is 61.2 Å². The summed E-state index contributed by atoms with van der Waals surface area (Å²) in [4.78, 5) is 33.4. The van der Waals surface area contributed by atoms with Gasteiger partial charge in [0, 0.05) is 42.3 Å². The molecule has 0 spiro atoms. The first kappa shape index (κ1) is 18.0. The van der Waals surface area contributed by atoms with Crippen LogP contribution in [0.5, 0.6) is 5.75 Å². The zero-order valence-electron chi connectivity index (χ0n) is 15.6. The Hall–Kier alpha value is -3.34. The maximum Gasteiger partial charge on any atom is 0.167 e. The molecular weight excluding hydrogens is 352 g/mol. The van der Waals surface area contributed by atoms with E-state index in [-0.39, 0.29) is 23.9 Å². The van der Waals surface area contributed by atoms with Crippen molar-refractivity contribution in [2.24, 2.45) is 0 Å². The van der Waals surface area contributed by atoms with Gasteiger partial charge in [0.25, 0.3) is 0 Å². The van der Waals surface area contributed by atoms with E-state index in [1.54, 1.807) is 18.5 Å². The molecule has 2 heterocycles. The minimum absolute atomic E-state index is 0.00687. The van der Waals surface area contributed by atoms with Crippen molar-refractivity contribution in [3.8, 4) is 5.75 Å². The number of Topliss-reactive ketones (excluding diaryl/α,β-unsaturated/α-hetero) is 2. The average Bonchev–Trinajstić information content (AvgIpc) is 3.18. The van der Waals surface area contributed by atoms with Crippen LogP contribution < -0.4 is 4.74 Å². The molecule has 0 N–H and O–H groups in total. The van der Waals surface area contributed by atoms with E-state index in [9.17, 15) is 9.59 Å². The quantitative estimate of drug-likeness (QED) is 0.611. The van der Waals surface area contributed by atoms with Gasteiger partial charge in [0.15, 0.2) is 11.6 Å². The zero-order valence-corrected chi connectivity index (χ0v) is 15.6. The maximum atomic E-state index is 12.9. The summed E-state index contributed by atoms with van der Waals surface area (Å²) >= 11 is 0. The fourth-order valence-corrected chi connectivity index (χ4v) is 3.56. The van der Waals surface area contributed by atoms with E-state index in [1.165, 1.54) is 6.33 Å². The number of ketones is 2. The lowest BCUT2D eigenvalue weighted by molar-refractivity contribution is 0.0985. The second-order valence-corrected chi connectivity index (χ2v) is 6.84. The monoisotopic (exact) mass is 372 g/mol. The average molecular weight is 372 g/mol. The highest BCUT2D eigenvalue weighted by Gasteiger charge is 2.31. The van der Waals surface area contributed by atoms with Crippen LogP contribution in [0.4, 0.5) is 0 Å². The molecule has 5 heteroatoms. The first-order chi connectivity index (χ1) is 13.7. The Bertz CT molecular complexity index is 1020. The van der Waals surface area contributed by atoms with E-state index < -0.39 is 0 Å². The van der Waals surface area contributed by atoms with Gasteiger partial charge in [-0.1, -0.05) is 37.3 Å². The van der Waals surface area contributed by atoms with Crippen LogP contribution in [0, 0.1) is 0 Å². The highest BCUT2D eigenvalue weighted by molar-refractivity contribution is 6.04. The number of ether oxygens (including phenoxy) is 1. The number of nitrogens with zero attached hydrogens (tertiary/aromatic N) is 2. The summed E-state index contributed by atoms with van der Waals surface area (Å²) in [6.45, 7) is 2.28. The molecule has 2 aromatic carbocycles. The molecule has 1 aliphatic rings. The molecule has 0 radical (unpaired) electrons. The summed E-state index contributed by atoms with van der Waals surface area (Å²) in [6, 6.07) is 13.6. The summed E-state index contributed by atoms with van der Waals surface area (Å²) in [7, 11) is 0. The number of hydrogen-bond acceptors (Lipinski definition) is 5. The Labute approximate surface area is 163 Å². The van der Waals surface area contributed by atoms with Crippen LogP contribution in [0.1, 0.15) is 56.7 Å². The minimum Gasteiger partial charge on any atom is -0.492 e. The maximum absolute atomic E-state index is 12.9. The second-order valence-electron chi connectivity index (χ2n) is 6.84. The van der Waals surface area contributed by atoms with Crippen molar-refractivity contribution in [2.45, 2.75) is 25.7 Å². The van der Waals surface area contributed by atoms with Crippen molar-refractivity contribution in [3.63, 3.8) is 0 Å². The van der Waals surface area contributed by atoms with E-state index in [0.29, 0.717) is 29.9 Å². The van der Waals surface area contributed by atoms with Crippen LogP contribution >= 0.6 is 0 Å². The third kappa shape index (κ3) is 3.43. The molecule has 0 fully saturated rings. The van der Waals surface area contributed by atoms with Crippen molar-refractivity contribution in [1.29, 1.82) is 0 Å². The summed E-state index contributed by atoms with van der Waals surface area (Å²) in [6.07, 6.45) is 5.24. The summed E-state index contributed by atoms with van der Waals surface area (Å²) in [5, 5.41) is 0. The molecule has 1 unspecified atom stereocenters. The van der Waals surface area contributed by atoms with Gasteiger partial charge in [-0.2, -0.15) is 0 Å². The predicted molar refractivity (Wildman–Crippen MR) is 105 cm³/mol. The Morgan fingerprint density at radius 2 is 1.82 bits per heavy atom. The molecular formula is C23H20N2O3. The smallest absolute Gasteiger partial charge is 0.167 e. The molecule has 140 valence electrons. The Morgan fingerprint density at radius 3 is 2.54 bits per heavy atom. The van der Waals surface area contributed by atoms with Gasteiger partial charge in [0.1, 0.15) is 12.1 Å². The molecule has 1 aliphatic heterocycles. The number of carbonyl (C=O) groups excluding carboxylic acids is 2. The zero-order chi connectivity index (χ0) is 19.5. The van der Waals surface area contributed by atoms with Crippen LogP contribution in [-0.4, -0.2) is 28.1 Å². The number of aromatic nitrogens is 2. The first-order valence-corrected chi connectivity index (χ1v) is 9.33. The van der Waals surface area contributed by atoms with Gasteiger partial charge < -0.3 is 4.74 Å². The van der Waals surface area contributed by atoms with Gasteiger partial charge >= 0.3 is 0 Å². The standard InChI is InChI=1S/C23H20N2O3/c1-2-21(26)19-10-17(22(27)8-15-11-24-14-25-12-15)9-18-20(13-28-23(18)19)16-6-4-3-5-7-16/h3-7,9-12,14,20H,2,8,13H2,1H3. The molecule has 0 saturated carbocycles. The van der Waals surface area contributed by atoms with Crippen molar-refractivity contribution in [1.82, 2.24) is 9.97 Å². The first-order valence-electron chi connectivity index (χ1n) is 9.33.